The number of halogens is 2. The van der Waals surface area contributed by atoms with Gasteiger partial charge in [-0.2, -0.15) is 0 Å². The van der Waals surface area contributed by atoms with Crippen LogP contribution < -0.4 is 0 Å². The van der Waals surface area contributed by atoms with Crippen molar-refractivity contribution in [3.63, 3.8) is 0 Å². The molecule has 0 aliphatic heterocycles. The Labute approximate surface area is 131 Å². The van der Waals surface area contributed by atoms with Gasteiger partial charge in [0.1, 0.15) is 15.9 Å². The van der Waals surface area contributed by atoms with E-state index in [1.54, 1.807) is 0 Å². The van der Waals surface area contributed by atoms with Crippen molar-refractivity contribution in [2.45, 2.75) is 64.4 Å². The molecule has 1 aromatic heterocycles. The normalized spacial score (nSPS) is 19.2. The van der Waals surface area contributed by atoms with Gasteiger partial charge in [0.05, 0.1) is 0 Å². The van der Waals surface area contributed by atoms with Crippen LogP contribution in [0.2, 0.25) is 10.3 Å². The van der Waals surface area contributed by atoms with E-state index in [4.69, 9.17) is 27.9 Å². The lowest BCUT2D eigenvalue weighted by Gasteiger charge is -2.27. The van der Waals surface area contributed by atoms with Gasteiger partial charge in [0.25, 0.3) is 0 Å². The van der Waals surface area contributed by atoms with Crippen molar-refractivity contribution >= 4 is 23.2 Å². The van der Waals surface area contributed by atoms with E-state index in [1.165, 1.54) is 12.8 Å². The van der Waals surface area contributed by atoms with Crippen molar-refractivity contribution in [2.24, 2.45) is 0 Å². The van der Waals surface area contributed by atoms with Gasteiger partial charge in [-0.3, -0.25) is 0 Å². The molecule has 1 aliphatic rings. The molecule has 0 amide bonds. The van der Waals surface area contributed by atoms with Gasteiger partial charge in [0.15, 0.2) is 5.82 Å². The maximum atomic E-state index is 6.39. The van der Waals surface area contributed by atoms with Gasteiger partial charge in [-0.1, -0.05) is 43.0 Å². The second kappa shape index (κ2) is 6.59. The number of rotatable bonds is 5. The average Bonchev–Trinajstić information content (AvgIpc) is 2.91. The lowest BCUT2D eigenvalue weighted by Crippen LogP contribution is -2.28. The van der Waals surface area contributed by atoms with Crippen LogP contribution in [0.4, 0.5) is 0 Å². The highest BCUT2D eigenvalue weighted by Gasteiger charge is 2.32. The van der Waals surface area contributed by atoms with Gasteiger partial charge >= 0.3 is 0 Å². The lowest BCUT2D eigenvalue weighted by atomic mass is 9.99. The van der Waals surface area contributed by atoms with E-state index < -0.39 is 5.60 Å². The minimum absolute atomic E-state index is 0.407. The molecule has 1 heterocycles. The smallest absolute Gasteiger partial charge is 0.163 e. The minimum Gasteiger partial charge on any atom is -0.368 e. The molecule has 1 unspecified atom stereocenters. The quantitative estimate of drug-likeness (QED) is 0.708. The van der Waals surface area contributed by atoms with Crippen molar-refractivity contribution in [1.29, 1.82) is 0 Å². The molecule has 0 bridgehead atoms. The SMILES string of the molecule is CCOC(C)(CC)c1nc(Cl)c(C2CCCC2)c(Cl)n1. The van der Waals surface area contributed by atoms with E-state index in [0.29, 0.717) is 28.7 Å². The largest absolute Gasteiger partial charge is 0.368 e. The first-order valence-electron chi connectivity index (χ1n) is 7.39. The first-order chi connectivity index (χ1) is 9.51. The first-order valence-corrected chi connectivity index (χ1v) is 8.14. The van der Waals surface area contributed by atoms with Crippen LogP contribution in [0, 0.1) is 0 Å². The highest BCUT2D eigenvalue weighted by atomic mass is 35.5. The zero-order valence-electron chi connectivity index (χ0n) is 12.4. The first kappa shape index (κ1) is 16.0. The topological polar surface area (TPSA) is 35.0 Å². The van der Waals surface area contributed by atoms with Gasteiger partial charge in [-0.25, -0.2) is 9.97 Å². The Morgan fingerprint density at radius 3 is 2.15 bits per heavy atom. The second-order valence-electron chi connectivity index (χ2n) is 5.54. The molecule has 0 N–H and O–H groups in total. The van der Waals surface area contributed by atoms with Crippen LogP contribution in [-0.2, 0) is 10.3 Å². The van der Waals surface area contributed by atoms with Crippen molar-refractivity contribution in [3.05, 3.63) is 21.7 Å². The molecule has 1 aromatic rings. The summed E-state index contributed by atoms with van der Waals surface area (Å²) in [6, 6.07) is 0. The molecule has 2 rings (SSSR count). The van der Waals surface area contributed by atoms with E-state index in [2.05, 4.69) is 9.97 Å². The summed E-state index contributed by atoms with van der Waals surface area (Å²) >= 11 is 12.8. The molecule has 0 radical (unpaired) electrons. The van der Waals surface area contributed by atoms with E-state index >= 15 is 0 Å². The third kappa shape index (κ3) is 3.10. The maximum Gasteiger partial charge on any atom is 0.163 e. The second-order valence-corrected chi connectivity index (χ2v) is 6.26. The van der Waals surface area contributed by atoms with Gasteiger partial charge in [0, 0.05) is 12.2 Å². The Hall–Kier alpha value is -0.380. The number of nitrogens with zero attached hydrogens (tertiary/aromatic N) is 2. The standard InChI is InChI=1S/C15H22Cl2N2O/c1-4-15(3,20-5-2)14-18-12(16)11(13(17)19-14)10-8-6-7-9-10/h10H,4-9H2,1-3H3. The summed E-state index contributed by atoms with van der Waals surface area (Å²) in [4.78, 5) is 8.97. The number of ether oxygens (including phenoxy) is 1. The fraction of sp³-hybridized carbons (Fsp3) is 0.733. The monoisotopic (exact) mass is 316 g/mol. The summed E-state index contributed by atoms with van der Waals surface area (Å²) in [6.45, 7) is 6.59. The van der Waals surface area contributed by atoms with Crippen LogP contribution in [0.5, 0.6) is 0 Å². The molecule has 0 saturated heterocycles. The molecule has 1 fully saturated rings. The predicted octanol–water partition coefficient (Wildman–Crippen LogP) is 5.10. The fourth-order valence-corrected chi connectivity index (χ4v) is 3.54. The van der Waals surface area contributed by atoms with Gasteiger partial charge < -0.3 is 4.74 Å². The number of hydrogen-bond acceptors (Lipinski definition) is 3. The van der Waals surface area contributed by atoms with Crippen molar-refractivity contribution in [3.8, 4) is 0 Å². The summed E-state index contributed by atoms with van der Waals surface area (Å²) < 4.78 is 5.80. The Balaban J connectivity index is 2.38. The molecule has 20 heavy (non-hydrogen) atoms. The van der Waals surface area contributed by atoms with Crippen LogP contribution in [0.3, 0.4) is 0 Å². The summed E-state index contributed by atoms with van der Waals surface area (Å²) in [7, 11) is 0. The highest BCUT2D eigenvalue weighted by Crippen LogP contribution is 2.41. The summed E-state index contributed by atoms with van der Waals surface area (Å²) in [5.74, 6) is 0.989. The van der Waals surface area contributed by atoms with Crippen molar-refractivity contribution < 1.29 is 4.74 Å². The van der Waals surface area contributed by atoms with Crippen LogP contribution in [0.1, 0.15) is 70.2 Å². The molecule has 1 atom stereocenters. The van der Waals surface area contributed by atoms with Crippen LogP contribution in [0.15, 0.2) is 0 Å². The molecule has 5 heteroatoms. The van der Waals surface area contributed by atoms with Gasteiger partial charge in [-0.15, -0.1) is 0 Å². The molecular formula is C15H22Cl2N2O. The summed E-state index contributed by atoms with van der Waals surface area (Å²) in [6.07, 6.45) is 5.48. The van der Waals surface area contributed by atoms with Crippen molar-refractivity contribution in [1.82, 2.24) is 9.97 Å². The van der Waals surface area contributed by atoms with Crippen molar-refractivity contribution in [2.75, 3.05) is 6.61 Å². The third-order valence-electron chi connectivity index (χ3n) is 4.23. The van der Waals surface area contributed by atoms with E-state index in [0.717, 1.165) is 24.8 Å². The molecule has 0 aromatic carbocycles. The Kier molecular flexibility index (Phi) is 5.27. The molecule has 0 spiro atoms. The number of aromatic nitrogens is 2. The fourth-order valence-electron chi connectivity index (χ4n) is 2.85. The van der Waals surface area contributed by atoms with Gasteiger partial charge in [0.2, 0.25) is 0 Å². The Morgan fingerprint density at radius 2 is 1.70 bits per heavy atom. The van der Waals surface area contributed by atoms with Crippen LogP contribution in [0.25, 0.3) is 0 Å². The van der Waals surface area contributed by atoms with Crippen LogP contribution >= 0.6 is 23.2 Å². The zero-order valence-corrected chi connectivity index (χ0v) is 13.9. The van der Waals surface area contributed by atoms with E-state index in [9.17, 15) is 0 Å². The molecular weight excluding hydrogens is 295 g/mol. The Bertz CT molecular complexity index is 452. The molecule has 112 valence electrons. The summed E-state index contributed by atoms with van der Waals surface area (Å²) in [5.41, 5.74) is 0.389. The molecule has 1 aliphatic carbocycles. The maximum absolute atomic E-state index is 6.39. The van der Waals surface area contributed by atoms with E-state index in [-0.39, 0.29) is 0 Å². The Morgan fingerprint density at radius 1 is 1.15 bits per heavy atom. The third-order valence-corrected chi connectivity index (χ3v) is 4.80. The molecule has 1 saturated carbocycles. The van der Waals surface area contributed by atoms with E-state index in [1.807, 2.05) is 20.8 Å². The zero-order chi connectivity index (χ0) is 14.8. The molecule has 3 nitrogen and oxygen atoms in total. The lowest BCUT2D eigenvalue weighted by molar-refractivity contribution is -0.0390. The number of hydrogen-bond donors (Lipinski definition) is 0. The van der Waals surface area contributed by atoms with Gasteiger partial charge in [-0.05, 0) is 39.0 Å². The highest BCUT2D eigenvalue weighted by molar-refractivity contribution is 6.34. The minimum atomic E-state index is -0.532. The average molecular weight is 317 g/mol. The van der Waals surface area contributed by atoms with Crippen LogP contribution in [-0.4, -0.2) is 16.6 Å². The predicted molar refractivity (Wildman–Crippen MR) is 82.5 cm³/mol. The summed E-state index contributed by atoms with van der Waals surface area (Å²) in [5, 5.41) is 0.984.